The van der Waals surface area contributed by atoms with Crippen LogP contribution in [0.2, 0.25) is 0 Å². The van der Waals surface area contributed by atoms with Gasteiger partial charge >= 0.3 is 5.97 Å². The number of benzene rings is 2. The van der Waals surface area contributed by atoms with Gasteiger partial charge in [0, 0.05) is 18.7 Å². The summed E-state index contributed by atoms with van der Waals surface area (Å²) in [6.45, 7) is 3.62. The van der Waals surface area contributed by atoms with Crippen LogP contribution in [0.1, 0.15) is 24.0 Å². The molecule has 0 spiro atoms. The van der Waals surface area contributed by atoms with Crippen molar-refractivity contribution >= 4 is 24.0 Å². The van der Waals surface area contributed by atoms with Gasteiger partial charge in [-0.05, 0) is 83.9 Å². The zero-order valence-electron chi connectivity index (χ0n) is 21.6. The zero-order valence-corrected chi connectivity index (χ0v) is 21.6. The molecule has 0 aliphatic carbocycles. The van der Waals surface area contributed by atoms with Crippen molar-refractivity contribution in [3.8, 4) is 0 Å². The standard InChI is InChI=1S/C14H20N2O.C9H8O2.C5H14N2/c1-16(2)12-6-11-15-14(17)10-9-13-7-4-3-5-8-13;10-9(11)7-6-8-4-2-1-3-5-8;1-7(2)5-3-4-6/h3-5,7-10H,6,11-12H2,1-2H3,(H,15,17);1-7H,(H,10,11);3-6H2,1-2H3. The second kappa shape index (κ2) is 21.3. The monoisotopic (exact) mass is 482 g/mol. The number of hydrogen-bond donors (Lipinski definition) is 3. The minimum absolute atomic E-state index is 0.0346. The van der Waals surface area contributed by atoms with Gasteiger partial charge in [-0.1, -0.05) is 60.7 Å². The number of hydrogen-bond acceptors (Lipinski definition) is 5. The van der Waals surface area contributed by atoms with Crippen molar-refractivity contribution in [2.75, 3.05) is 54.4 Å². The first kappa shape index (κ1) is 31.7. The largest absolute Gasteiger partial charge is 0.478 e. The summed E-state index contributed by atoms with van der Waals surface area (Å²) in [6, 6.07) is 19.1. The fraction of sp³-hybridized carbons (Fsp3) is 0.357. The molecule has 192 valence electrons. The van der Waals surface area contributed by atoms with E-state index in [-0.39, 0.29) is 5.91 Å². The Morgan fingerprint density at radius 2 is 1.26 bits per heavy atom. The molecule has 7 heteroatoms. The maximum absolute atomic E-state index is 11.4. The molecular formula is C28H42N4O3. The zero-order chi connectivity index (χ0) is 26.3. The summed E-state index contributed by atoms with van der Waals surface area (Å²) < 4.78 is 0. The lowest BCUT2D eigenvalue weighted by Gasteiger charge is -2.08. The maximum Gasteiger partial charge on any atom is 0.328 e. The lowest BCUT2D eigenvalue weighted by Crippen LogP contribution is -2.25. The predicted molar refractivity (Wildman–Crippen MR) is 147 cm³/mol. The van der Waals surface area contributed by atoms with E-state index in [0.29, 0.717) is 0 Å². The smallest absolute Gasteiger partial charge is 0.328 e. The van der Waals surface area contributed by atoms with Gasteiger partial charge in [-0.2, -0.15) is 0 Å². The topological polar surface area (TPSA) is 98.9 Å². The number of rotatable bonds is 11. The molecule has 1 amide bonds. The van der Waals surface area contributed by atoms with Crippen LogP contribution in [0.3, 0.4) is 0 Å². The summed E-state index contributed by atoms with van der Waals surface area (Å²) in [7, 11) is 8.15. The van der Waals surface area contributed by atoms with Crippen LogP contribution >= 0.6 is 0 Å². The van der Waals surface area contributed by atoms with Crippen LogP contribution in [0.25, 0.3) is 12.2 Å². The van der Waals surface area contributed by atoms with Gasteiger partial charge in [0.05, 0.1) is 0 Å². The number of carbonyl (C=O) groups is 2. The molecule has 35 heavy (non-hydrogen) atoms. The molecule has 0 aliphatic heterocycles. The van der Waals surface area contributed by atoms with E-state index in [4.69, 9.17) is 10.8 Å². The van der Waals surface area contributed by atoms with E-state index < -0.39 is 5.97 Å². The average molecular weight is 483 g/mol. The van der Waals surface area contributed by atoms with E-state index in [2.05, 4.69) is 29.2 Å². The van der Waals surface area contributed by atoms with Gasteiger partial charge in [0.15, 0.2) is 0 Å². The molecule has 0 fully saturated rings. The molecule has 4 N–H and O–H groups in total. The van der Waals surface area contributed by atoms with E-state index in [0.717, 1.165) is 56.2 Å². The molecule has 0 saturated heterocycles. The third-order valence-electron chi connectivity index (χ3n) is 4.34. The van der Waals surface area contributed by atoms with Crippen LogP contribution in [-0.4, -0.2) is 81.2 Å². The normalized spacial score (nSPS) is 10.6. The molecule has 7 nitrogen and oxygen atoms in total. The number of carboxylic acid groups (broad SMARTS) is 1. The summed E-state index contributed by atoms with van der Waals surface area (Å²) in [5.41, 5.74) is 7.19. The highest BCUT2D eigenvalue weighted by Crippen LogP contribution is 2.01. The van der Waals surface area contributed by atoms with Crippen LogP contribution in [-0.2, 0) is 9.59 Å². The summed E-state index contributed by atoms with van der Waals surface area (Å²) in [6.07, 6.45) is 8.15. The highest BCUT2D eigenvalue weighted by molar-refractivity contribution is 5.91. The summed E-state index contributed by atoms with van der Waals surface area (Å²) in [5.74, 6) is -0.957. The van der Waals surface area contributed by atoms with Gasteiger partial charge in [0.2, 0.25) is 5.91 Å². The highest BCUT2D eigenvalue weighted by atomic mass is 16.4. The van der Waals surface area contributed by atoms with E-state index in [9.17, 15) is 9.59 Å². The molecule has 2 aromatic carbocycles. The Kier molecular flexibility index (Phi) is 19.3. The number of carboxylic acids is 1. The highest BCUT2D eigenvalue weighted by Gasteiger charge is 1.95. The lowest BCUT2D eigenvalue weighted by atomic mass is 10.2. The van der Waals surface area contributed by atoms with E-state index in [1.54, 1.807) is 12.2 Å². The van der Waals surface area contributed by atoms with Crippen LogP contribution in [0.5, 0.6) is 0 Å². The van der Waals surface area contributed by atoms with Crippen LogP contribution in [0.4, 0.5) is 0 Å². The third kappa shape index (κ3) is 22.3. The molecule has 0 aromatic heterocycles. The van der Waals surface area contributed by atoms with Gasteiger partial charge in [-0.3, -0.25) is 4.79 Å². The third-order valence-corrected chi connectivity index (χ3v) is 4.34. The molecule has 2 rings (SSSR count). The van der Waals surface area contributed by atoms with E-state index in [1.165, 1.54) is 0 Å². The van der Waals surface area contributed by atoms with Gasteiger partial charge < -0.3 is 26.0 Å². The number of nitrogens with two attached hydrogens (primary N) is 1. The molecule has 0 heterocycles. The number of nitrogens with zero attached hydrogens (tertiary/aromatic N) is 2. The minimum Gasteiger partial charge on any atom is -0.478 e. The molecule has 0 saturated carbocycles. The van der Waals surface area contributed by atoms with Crippen LogP contribution < -0.4 is 11.1 Å². The van der Waals surface area contributed by atoms with E-state index in [1.807, 2.05) is 80.8 Å². The maximum atomic E-state index is 11.4. The number of amides is 1. The van der Waals surface area contributed by atoms with Gasteiger partial charge in [-0.25, -0.2) is 4.79 Å². The second-order valence-corrected chi connectivity index (χ2v) is 8.22. The molecule has 0 radical (unpaired) electrons. The molecule has 0 atom stereocenters. The number of carbonyl (C=O) groups excluding carboxylic acids is 1. The average Bonchev–Trinajstić information content (AvgIpc) is 2.85. The van der Waals surface area contributed by atoms with Crippen molar-refractivity contribution < 1.29 is 14.7 Å². The van der Waals surface area contributed by atoms with Crippen molar-refractivity contribution in [1.82, 2.24) is 15.1 Å². The second-order valence-electron chi connectivity index (χ2n) is 8.22. The summed E-state index contributed by atoms with van der Waals surface area (Å²) >= 11 is 0. The first-order chi connectivity index (χ1) is 16.7. The van der Waals surface area contributed by atoms with Crippen LogP contribution in [0, 0.1) is 0 Å². The van der Waals surface area contributed by atoms with Gasteiger partial charge in [-0.15, -0.1) is 0 Å². The minimum atomic E-state index is -0.922. The van der Waals surface area contributed by atoms with Crippen molar-refractivity contribution in [2.24, 2.45) is 5.73 Å². The fourth-order valence-electron chi connectivity index (χ4n) is 2.54. The first-order valence-electron chi connectivity index (χ1n) is 11.7. The molecule has 0 bridgehead atoms. The van der Waals surface area contributed by atoms with Gasteiger partial charge in [0.25, 0.3) is 0 Å². The van der Waals surface area contributed by atoms with Crippen molar-refractivity contribution in [2.45, 2.75) is 12.8 Å². The SMILES string of the molecule is CN(C)CCCN.CN(C)CCCNC(=O)C=Cc1ccccc1.O=C(O)C=Cc1ccccc1. The molecular weight excluding hydrogens is 440 g/mol. The Hall–Kier alpha value is -3.26. The number of nitrogens with one attached hydrogen (secondary N) is 1. The molecule has 0 aliphatic rings. The fourth-order valence-corrected chi connectivity index (χ4v) is 2.54. The van der Waals surface area contributed by atoms with Crippen molar-refractivity contribution in [3.63, 3.8) is 0 Å². The quantitative estimate of drug-likeness (QED) is 0.335. The van der Waals surface area contributed by atoms with Crippen molar-refractivity contribution in [1.29, 1.82) is 0 Å². The predicted octanol–water partition coefficient (Wildman–Crippen LogP) is 3.45. The van der Waals surface area contributed by atoms with Crippen LogP contribution in [0.15, 0.2) is 72.8 Å². The van der Waals surface area contributed by atoms with Crippen molar-refractivity contribution in [3.05, 3.63) is 83.9 Å². The Morgan fingerprint density at radius 3 is 1.66 bits per heavy atom. The summed E-state index contributed by atoms with van der Waals surface area (Å²) in [4.78, 5) is 25.8. The van der Waals surface area contributed by atoms with E-state index >= 15 is 0 Å². The summed E-state index contributed by atoms with van der Waals surface area (Å²) in [5, 5.41) is 11.1. The molecule has 0 unspecified atom stereocenters. The lowest BCUT2D eigenvalue weighted by molar-refractivity contribution is -0.131. The van der Waals surface area contributed by atoms with Gasteiger partial charge in [0.1, 0.15) is 0 Å². The Balaban J connectivity index is 0.000000550. The number of aliphatic carboxylic acids is 1. The Morgan fingerprint density at radius 1 is 0.800 bits per heavy atom. The molecule has 2 aromatic rings. The Labute approximate surface area is 210 Å². The Bertz CT molecular complexity index is 851. The first-order valence-corrected chi connectivity index (χ1v) is 11.7.